The van der Waals surface area contributed by atoms with E-state index in [9.17, 15) is 4.79 Å². The van der Waals surface area contributed by atoms with Crippen molar-refractivity contribution in [2.45, 2.75) is 30.9 Å². The molecule has 0 unspecified atom stereocenters. The summed E-state index contributed by atoms with van der Waals surface area (Å²) in [5.74, 6) is 1.78. The zero-order valence-corrected chi connectivity index (χ0v) is 19.3. The second kappa shape index (κ2) is 10.5. The zero-order chi connectivity index (χ0) is 21.5. The van der Waals surface area contributed by atoms with Gasteiger partial charge in [0.2, 0.25) is 0 Å². The molecule has 1 heterocycles. The van der Waals surface area contributed by atoms with Crippen LogP contribution in [-0.4, -0.2) is 39.7 Å². The van der Waals surface area contributed by atoms with Gasteiger partial charge in [0.25, 0.3) is 0 Å². The summed E-state index contributed by atoms with van der Waals surface area (Å²) in [6.45, 7) is 4.52. The number of esters is 1. The lowest BCUT2D eigenvalue weighted by Gasteiger charge is -2.13. The number of halogens is 1. The molecule has 0 amide bonds. The normalized spacial score (nSPS) is 11.7. The van der Waals surface area contributed by atoms with Crippen molar-refractivity contribution in [3.63, 3.8) is 0 Å². The number of rotatable bonds is 9. The molecule has 0 bridgehead atoms. The van der Waals surface area contributed by atoms with Crippen molar-refractivity contribution in [3.8, 4) is 17.2 Å². The fourth-order valence-electron chi connectivity index (χ4n) is 2.64. The molecule has 0 N–H and O–H groups in total. The van der Waals surface area contributed by atoms with E-state index in [4.69, 9.17) is 14.2 Å². The summed E-state index contributed by atoms with van der Waals surface area (Å²) in [5, 5.41) is 8.73. The van der Waals surface area contributed by atoms with E-state index in [0.717, 1.165) is 21.7 Å². The Bertz CT molecular complexity index is 977. The van der Waals surface area contributed by atoms with Crippen LogP contribution in [0.3, 0.4) is 0 Å². The van der Waals surface area contributed by atoms with E-state index >= 15 is 0 Å². The largest absolute Gasteiger partial charge is 0.494 e. The van der Waals surface area contributed by atoms with Crippen LogP contribution >= 0.6 is 27.7 Å². The molecule has 2 aromatic carbocycles. The number of nitrogens with zero attached hydrogens (tertiary/aromatic N) is 3. The molecular weight excluding hydrogens is 470 g/mol. The number of ether oxygens (including phenoxy) is 3. The minimum atomic E-state index is -0.430. The van der Waals surface area contributed by atoms with Crippen LogP contribution in [0, 0.1) is 0 Å². The van der Waals surface area contributed by atoms with Crippen molar-refractivity contribution in [1.29, 1.82) is 0 Å². The Hall–Kier alpha value is -2.52. The minimum absolute atomic E-state index is 0.217. The molecule has 158 valence electrons. The van der Waals surface area contributed by atoms with Gasteiger partial charge < -0.3 is 14.2 Å². The van der Waals surface area contributed by atoms with Gasteiger partial charge in [0.05, 0.1) is 13.7 Å². The maximum Gasteiger partial charge on any atom is 0.318 e. The first-order chi connectivity index (χ1) is 14.5. The molecule has 0 aliphatic heterocycles. The molecule has 9 heteroatoms. The number of hydrogen-bond acceptors (Lipinski definition) is 7. The van der Waals surface area contributed by atoms with Crippen LogP contribution in [0.5, 0.6) is 11.5 Å². The maximum atomic E-state index is 11.9. The standard InChI is InChI=1S/C21H22BrN3O4S/c1-4-28-17-11-7-16(8-12-17)25-19(13-29-18-9-5-15(22)6-10-18)23-24-21(25)30-14(2)20(26)27-3/h5-12,14H,4,13H2,1-3H3/t14-/m0/s1. The quantitative estimate of drug-likeness (QED) is 0.318. The van der Waals surface area contributed by atoms with Crippen LogP contribution in [0.4, 0.5) is 0 Å². The topological polar surface area (TPSA) is 75.5 Å². The monoisotopic (exact) mass is 491 g/mol. The molecule has 0 radical (unpaired) electrons. The zero-order valence-electron chi connectivity index (χ0n) is 16.9. The Kier molecular flexibility index (Phi) is 7.75. The molecular formula is C21H22BrN3O4S. The van der Waals surface area contributed by atoms with Crippen LogP contribution in [-0.2, 0) is 16.1 Å². The second-order valence-corrected chi connectivity index (χ2v) is 8.41. The number of methoxy groups -OCH3 is 1. The molecule has 0 saturated heterocycles. The van der Waals surface area contributed by atoms with Gasteiger partial charge in [-0.1, -0.05) is 27.7 Å². The average Bonchev–Trinajstić information content (AvgIpc) is 3.15. The molecule has 0 spiro atoms. The summed E-state index contributed by atoms with van der Waals surface area (Å²) in [5.41, 5.74) is 0.845. The highest BCUT2D eigenvalue weighted by molar-refractivity contribution is 9.10. The Balaban J connectivity index is 1.89. The molecule has 30 heavy (non-hydrogen) atoms. The Morgan fingerprint density at radius 3 is 2.33 bits per heavy atom. The van der Waals surface area contributed by atoms with E-state index in [1.165, 1.54) is 18.9 Å². The molecule has 0 saturated carbocycles. The van der Waals surface area contributed by atoms with Crippen molar-refractivity contribution in [3.05, 3.63) is 58.8 Å². The van der Waals surface area contributed by atoms with Crippen molar-refractivity contribution < 1.29 is 19.0 Å². The van der Waals surface area contributed by atoms with Crippen LogP contribution in [0.25, 0.3) is 5.69 Å². The lowest BCUT2D eigenvalue weighted by atomic mass is 10.3. The van der Waals surface area contributed by atoms with Crippen molar-refractivity contribution in [1.82, 2.24) is 14.8 Å². The second-order valence-electron chi connectivity index (χ2n) is 6.19. The smallest absolute Gasteiger partial charge is 0.318 e. The van der Waals surface area contributed by atoms with Crippen LogP contribution in [0.2, 0.25) is 0 Å². The van der Waals surface area contributed by atoms with Gasteiger partial charge in [-0.25, -0.2) is 0 Å². The van der Waals surface area contributed by atoms with Gasteiger partial charge in [-0.15, -0.1) is 10.2 Å². The van der Waals surface area contributed by atoms with Crippen molar-refractivity contribution in [2.24, 2.45) is 0 Å². The maximum absolute atomic E-state index is 11.9. The molecule has 0 aliphatic carbocycles. The van der Waals surface area contributed by atoms with Gasteiger partial charge in [-0.3, -0.25) is 9.36 Å². The first kappa shape index (κ1) is 22.2. The lowest BCUT2D eigenvalue weighted by molar-refractivity contribution is -0.139. The summed E-state index contributed by atoms with van der Waals surface area (Å²) in [6, 6.07) is 15.2. The van der Waals surface area contributed by atoms with Crippen LogP contribution in [0.1, 0.15) is 19.7 Å². The van der Waals surface area contributed by atoms with Gasteiger partial charge in [-0.05, 0) is 62.4 Å². The fraction of sp³-hybridized carbons (Fsp3) is 0.286. The third-order valence-corrected chi connectivity index (χ3v) is 5.65. The number of aromatic nitrogens is 3. The number of carbonyl (C=O) groups is 1. The van der Waals surface area contributed by atoms with E-state index in [1.807, 2.05) is 60.0 Å². The lowest BCUT2D eigenvalue weighted by Crippen LogP contribution is -2.16. The van der Waals surface area contributed by atoms with E-state index in [-0.39, 0.29) is 12.6 Å². The van der Waals surface area contributed by atoms with E-state index in [2.05, 4.69) is 26.1 Å². The third kappa shape index (κ3) is 5.54. The van der Waals surface area contributed by atoms with Crippen molar-refractivity contribution in [2.75, 3.05) is 13.7 Å². The highest BCUT2D eigenvalue weighted by Gasteiger charge is 2.22. The first-order valence-corrected chi connectivity index (χ1v) is 11.0. The predicted octanol–water partition coefficient (Wildman–Crippen LogP) is 4.66. The summed E-state index contributed by atoms with van der Waals surface area (Å²) in [6.07, 6.45) is 0. The van der Waals surface area contributed by atoms with Gasteiger partial charge >= 0.3 is 5.97 Å². The number of thioether (sulfide) groups is 1. The SMILES string of the molecule is CCOc1ccc(-n2c(COc3ccc(Br)cc3)nnc2S[C@@H](C)C(=O)OC)cc1. The van der Waals surface area contributed by atoms with Gasteiger partial charge in [0.15, 0.2) is 11.0 Å². The van der Waals surface area contributed by atoms with E-state index in [0.29, 0.717) is 17.6 Å². The average molecular weight is 492 g/mol. The van der Waals surface area contributed by atoms with Gasteiger partial charge in [0.1, 0.15) is 23.4 Å². The highest BCUT2D eigenvalue weighted by atomic mass is 79.9. The summed E-state index contributed by atoms with van der Waals surface area (Å²) in [4.78, 5) is 11.9. The van der Waals surface area contributed by atoms with Gasteiger partial charge in [0, 0.05) is 10.2 Å². The summed E-state index contributed by atoms with van der Waals surface area (Å²) < 4.78 is 19.1. The van der Waals surface area contributed by atoms with Crippen LogP contribution in [0.15, 0.2) is 58.2 Å². The molecule has 3 rings (SSSR count). The molecule has 1 atom stereocenters. The Morgan fingerprint density at radius 1 is 1.07 bits per heavy atom. The highest BCUT2D eigenvalue weighted by Crippen LogP contribution is 2.28. The third-order valence-electron chi connectivity index (χ3n) is 4.10. The predicted molar refractivity (Wildman–Crippen MR) is 118 cm³/mol. The molecule has 0 fully saturated rings. The fourth-order valence-corrected chi connectivity index (χ4v) is 3.82. The molecule has 3 aromatic rings. The van der Waals surface area contributed by atoms with Crippen molar-refractivity contribution >= 4 is 33.7 Å². The van der Waals surface area contributed by atoms with Crippen LogP contribution < -0.4 is 9.47 Å². The first-order valence-electron chi connectivity index (χ1n) is 9.32. The number of hydrogen-bond donors (Lipinski definition) is 0. The summed E-state index contributed by atoms with van der Waals surface area (Å²) in [7, 11) is 1.37. The van der Waals surface area contributed by atoms with E-state index < -0.39 is 5.25 Å². The molecule has 7 nitrogen and oxygen atoms in total. The minimum Gasteiger partial charge on any atom is -0.494 e. The Labute approximate surface area is 187 Å². The molecule has 1 aromatic heterocycles. The molecule has 0 aliphatic rings. The van der Waals surface area contributed by atoms with Gasteiger partial charge in [-0.2, -0.15) is 0 Å². The van der Waals surface area contributed by atoms with E-state index in [1.54, 1.807) is 6.92 Å². The number of carbonyl (C=O) groups excluding carboxylic acids is 1. The summed E-state index contributed by atoms with van der Waals surface area (Å²) >= 11 is 4.69. The Morgan fingerprint density at radius 2 is 1.70 bits per heavy atom. The number of benzene rings is 2.